The molecule has 0 fully saturated rings. The van der Waals surface area contributed by atoms with E-state index in [4.69, 9.17) is 4.74 Å². The molecule has 0 saturated heterocycles. The molecule has 70 valence electrons. The minimum atomic E-state index is 0.895. The van der Waals surface area contributed by atoms with Gasteiger partial charge in [0, 0.05) is 17.5 Å². The van der Waals surface area contributed by atoms with Gasteiger partial charge >= 0.3 is 0 Å². The van der Waals surface area contributed by atoms with Crippen LogP contribution in [0.4, 0.5) is 0 Å². The highest BCUT2D eigenvalue weighted by Gasteiger charge is 2.20. The molecule has 0 atom stereocenters. The topological polar surface area (TPSA) is 37.9 Å². The van der Waals surface area contributed by atoms with Gasteiger partial charge in [-0.2, -0.15) is 5.10 Å². The maximum Gasteiger partial charge on any atom is 0.119 e. The molecule has 0 aliphatic heterocycles. The lowest BCUT2D eigenvalue weighted by Crippen LogP contribution is -1.86. The van der Waals surface area contributed by atoms with Crippen LogP contribution in [0.2, 0.25) is 0 Å². The number of hydrogen-bond donors (Lipinski definition) is 1. The van der Waals surface area contributed by atoms with Crippen molar-refractivity contribution < 1.29 is 4.74 Å². The quantitative estimate of drug-likeness (QED) is 0.631. The fourth-order valence-corrected chi connectivity index (χ4v) is 1.95. The van der Waals surface area contributed by atoms with E-state index in [0.29, 0.717) is 0 Å². The standard InChI is InChI=1S/C11H10N2O/c1-14-9-3-2-7-4-8-6-12-13-11(8)10(7)5-9/h2-3,5-6H,4H2,1H3,(H,12,13). The molecule has 14 heavy (non-hydrogen) atoms. The van der Waals surface area contributed by atoms with Crippen molar-refractivity contribution in [2.24, 2.45) is 0 Å². The van der Waals surface area contributed by atoms with Gasteiger partial charge in [0.2, 0.25) is 0 Å². The van der Waals surface area contributed by atoms with E-state index in [1.54, 1.807) is 7.11 Å². The second-order valence-electron chi connectivity index (χ2n) is 3.47. The molecule has 0 amide bonds. The van der Waals surface area contributed by atoms with Crippen LogP contribution in [-0.2, 0) is 6.42 Å². The average molecular weight is 186 g/mol. The summed E-state index contributed by atoms with van der Waals surface area (Å²) in [7, 11) is 1.69. The summed E-state index contributed by atoms with van der Waals surface area (Å²) < 4.78 is 5.20. The summed E-state index contributed by atoms with van der Waals surface area (Å²) in [4.78, 5) is 0. The number of hydrogen-bond acceptors (Lipinski definition) is 2. The van der Waals surface area contributed by atoms with E-state index in [1.165, 1.54) is 16.7 Å². The van der Waals surface area contributed by atoms with Crippen LogP contribution in [0, 0.1) is 0 Å². The molecular weight excluding hydrogens is 176 g/mol. The number of aromatic amines is 1. The normalized spacial score (nSPS) is 12.4. The van der Waals surface area contributed by atoms with Crippen molar-refractivity contribution in [3.63, 3.8) is 0 Å². The van der Waals surface area contributed by atoms with Crippen molar-refractivity contribution >= 4 is 0 Å². The SMILES string of the molecule is COc1ccc2c(c1)-c1[nH]ncc1C2. The van der Waals surface area contributed by atoms with Gasteiger partial charge in [-0.25, -0.2) is 0 Å². The van der Waals surface area contributed by atoms with Gasteiger partial charge < -0.3 is 4.74 Å². The molecule has 0 bridgehead atoms. The first-order valence-corrected chi connectivity index (χ1v) is 4.58. The zero-order valence-electron chi connectivity index (χ0n) is 7.87. The summed E-state index contributed by atoms with van der Waals surface area (Å²) in [5.41, 5.74) is 4.97. The third kappa shape index (κ3) is 0.894. The Labute approximate surface area is 81.7 Å². The molecule has 1 aromatic heterocycles. The predicted octanol–water partition coefficient (Wildman–Crippen LogP) is 1.99. The van der Waals surface area contributed by atoms with Crippen LogP contribution in [0.15, 0.2) is 24.4 Å². The highest BCUT2D eigenvalue weighted by atomic mass is 16.5. The van der Waals surface area contributed by atoms with Crippen molar-refractivity contribution in [3.8, 4) is 17.0 Å². The Morgan fingerprint density at radius 1 is 1.36 bits per heavy atom. The summed E-state index contributed by atoms with van der Waals surface area (Å²) in [6.07, 6.45) is 2.87. The van der Waals surface area contributed by atoms with E-state index >= 15 is 0 Å². The highest BCUT2D eigenvalue weighted by molar-refractivity contribution is 5.74. The summed E-state index contributed by atoms with van der Waals surface area (Å²) in [5.74, 6) is 0.895. The van der Waals surface area contributed by atoms with E-state index in [0.717, 1.165) is 17.9 Å². The fraction of sp³-hybridized carbons (Fsp3) is 0.182. The van der Waals surface area contributed by atoms with Crippen molar-refractivity contribution in [2.75, 3.05) is 7.11 Å². The Kier molecular flexibility index (Phi) is 1.42. The van der Waals surface area contributed by atoms with E-state index in [9.17, 15) is 0 Å². The van der Waals surface area contributed by atoms with Crippen LogP contribution in [0.25, 0.3) is 11.3 Å². The molecular formula is C11H10N2O. The lowest BCUT2D eigenvalue weighted by atomic mass is 10.1. The molecule has 0 saturated carbocycles. The van der Waals surface area contributed by atoms with Gasteiger partial charge in [-0.15, -0.1) is 0 Å². The Hall–Kier alpha value is -1.77. The first-order valence-electron chi connectivity index (χ1n) is 4.58. The number of rotatable bonds is 1. The van der Waals surface area contributed by atoms with Gasteiger partial charge in [0.05, 0.1) is 19.0 Å². The molecule has 3 nitrogen and oxygen atoms in total. The number of nitrogens with zero attached hydrogens (tertiary/aromatic N) is 1. The van der Waals surface area contributed by atoms with Crippen molar-refractivity contribution in [2.45, 2.75) is 6.42 Å². The van der Waals surface area contributed by atoms with Gasteiger partial charge in [0.25, 0.3) is 0 Å². The molecule has 1 N–H and O–H groups in total. The van der Waals surface area contributed by atoms with E-state index in [-0.39, 0.29) is 0 Å². The molecule has 2 aromatic rings. The Balaban J connectivity index is 2.22. The molecule has 0 radical (unpaired) electrons. The number of ether oxygens (including phenoxy) is 1. The van der Waals surface area contributed by atoms with Gasteiger partial charge in [-0.1, -0.05) is 6.07 Å². The first-order chi connectivity index (χ1) is 6.88. The lowest BCUT2D eigenvalue weighted by molar-refractivity contribution is 0.415. The van der Waals surface area contributed by atoms with Gasteiger partial charge in [0.15, 0.2) is 0 Å². The number of fused-ring (bicyclic) bond motifs is 3. The molecule has 0 unspecified atom stereocenters. The largest absolute Gasteiger partial charge is 0.497 e. The minimum Gasteiger partial charge on any atom is -0.497 e. The van der Waals surface area contributed by atoms with Crippen LogP contribution in [0.3, 0.4) is 0 Å². The average Bonchev–Trinajstić information content (AvgIpc) is 2.76. The summed E-state index contributed by atoms with van der Waals surface area (Å²) in [5, 5.41) is 7.05. The molecule has 0 spiro atoms. The van der Waals surface area contributed by atoms with E-state index in [2.05, 4.69) is 22.3 Å². The second-order valence-corrected chi connectivity index (χ2v) is 3.47. The minimum absolute atomic E-state index is 0.895. The van der Waals surface area contributed by atoms with Gasteiger partial charge in [-0.05, 0) is 17.7 Å². The van der Waals surface area contributed by atoms with Crippen molar-refractivity contribution in [1.29, 1.82) is 0 Å². The maximum atomic E-state index is 5.20. The molecule has 1 aliphatic carbocycles. The first kappa shape index (κ1) is 7.62. The lowest BCUT2D eigenvalue weighted by Gasteiger charge is -2.03. The van der Waals surface area contributed by atoms with Crippen molar-refractivity contribution in [1.82, 2.24) is 10.2 Å². The Morgan fingerprint density at radius 2 is 2.29 bits per heavy atom. The monoisotopic (exact) mass is 186 g/mol. The number of methoxy groups -OCH3 is 1. The van der Waals surface area contributed by atoms with Crippen molar-refractivity contribution in [3.05, 3.63) is 35.5 Å². The summed E-state index contributed by atoms with van der Waals surface area (Å²) in [6, 6.07) is 6.17. The van der Waals surface area contributed by atoms with Crippen LogP contribution < -0.4 is 4.74 Å². The number of H-pyrrole nitrogens is 1. The predicted molar refractivity (Wildman–Crippen MR) is 53.4 cm³/mol. The summed E-state index contributed by atoms with van der Waals surface area (Å²) in [6.45, 7) is 0. The van der Waals surface area contributed by atoms with Gasteiger partial charge in [0.1, 0.15) is 5.75 Å². The third-order valence-corrected chi connectivity index (χ3v) is 2.69. The highest BCUT2D eigenvalue weighted by Crippen LogP contribution is 2.36. The van der Waals surface area contributed by atoms with Crippen LogP contribution >= 0.6 is 0 Å². The van der Waals surface area contributed by atoms with Crippen LogP contribution in [-0.4, -0.2) is 17.3 Å². The Morgan fingerprint density at radius 3 is 3.14 bits per heavy atom. The Bertz CT molecular complexity index is 488. The van der Waals surface area contributed by atoms with E-state index < -0.39 is 0 Å². The zero-order valence-corrected chi connectivity index (χ0v) is 7.87. The zero-order chi connectivity index (χ0) is 9.54. The maximum absolute atomic E-state index is 5.20. The number of aromatic nitrogens is 2. The molecule has 1 aliphatic rings. The number of nitrogens with one attached hydrogen (secondary N) is 1. The van der Waals surface area contributed by atoms with E-state index in [1.807, 2.05) is 12.3 Å². The second kappa shape index (κ2) is 2.61. The third-order valence-electron chi connectivity index (χ3n) is 2.69. The molecule has 3 rings (SSSR count). The van der Waals surface area contributed by atoms with Crippen LogP contribution in [0.1, 0.15) is 11.1 Å². The number of benzene rings is 1. The fourth-order valence-electron chi connectivity index (χ4n) is 1.95. The smallest absolute Gasteiger partial charge is 0.119 e. The molecule has 1 aromatic carbocycles. The molecule has 3 heteroatoms. The van der Waals surface area contributed by atoms with Crippen LogP contribution in [0.5, 0.6) is 5.75 Å². The summed E-state index contributed by atoms with van der Waals surface area (Å²) >= 11 is 0. The van der Waals surface area contributed by atoms with Gasteiger partial charge in [-0.3, -0.25) is 5.10 Å². The molecule has 1 heterocycles.